The lowest BCUT2D eigenvalue weighted by Gasteiger charge is -2.13. The van der Waals surface area contributed by atoms with Crippen LogP contribution in [0.15, 0.2) is 66.7 Å². The first kappa shape index (κ1) is 17.2. The van der Waals surface area contributed by atoms with Gasteiger partial charge in [-0.1, -0.05) is 66.2 Å². The van der Waals surface area contributed by atoms with Crippen molar-refractivity contribution >= 4 is 23.1 Å². The van der Waals surface area contributed by atoms with Crippen molar-refractivity contribution in [3.8, 4) is 11.1 Å². The number of ketones is 1. The van der Waals surface area contributed by atoms with Gasteiger partial charge in [0, 0.05) is 22.8 Å². The predicted molar refractivity (Wildman–Crippen MR) is 105 cm³/mol. The molecule has 0 aliphatic heterocycles. The number of halogens is 1. The summed E-state index contributed by atoms with van der Waals surface area (Å²) in [5, 5.41) is 4.19. The highest BCUT2D eigenvalue weighted by molar-refractivity contribution is 6.31. The number of benzene rings is 3. The summed E-state index contributed by atoms with van der Waals surface area (Å²) in [5.41, 5.74) is 6.24. The lowest BCUT2D eigenvalue weighted by atomic mass is 9.98. The smallest absolute Gasteiger partial charge is 0.159 e. The van der Waals surface area contributed by atoms with Crippen LogP contribution in [0.4, 0.5) is 5.69 Å². The molecule has 126 valence electrons. The van der Waals surface area contributed by atoms with Crippen LogP contribution in [-0.2, 0) is 6.54 Å². The Morgan fingerprint density at radius 2 is 1.72 bits per heavy atom. The number of carbonyl (C=O) groups excluding carboxylic acids is 1. The van der Waals surface area contributed by atoms with Gasteiger partial charge in [-0.2, -0.15) is 0 Å². The van der Waals surface area contributed by atoms with E-state index in [1.165, 1.54) is 5.56 Å². The van der Waals surface area contributed by atoms with Crippen LogP contribution in [0.3, 0.4) is 0 Å². The standard InChI is InChI=1S/C22H20ClNO/c1-15-7-12-20(13-22(15)23)24-14-19-5-3-4-6-21(19)18-10-8-17(9-11-18)16(2)25/h3-13,24H,14H2,1-2H3. The molecule has 0 amide bonds. The first-order chi connectivity index (χ1) is 12.0. The van der Waals surface area contributed by atoms with E-state index in [9.17, 15) is 4.79 Å². The van der Waals surface area contributed by atoms with E-state index < -0.39 is 0 Å². The molecule has 0 saturated heterocycles. The van der Waals surface area contributed by atoms with Crippen LogP contribution in [0.5, 0.6) is 0 Å². The molecule has 0 heterocycles. The zero-order valence-corrected chi connectivity index (χ0v) is 15.1. The summed E-state index contributed by atoms with van der Waals surface area (Å²) < 4.78 is 0. The van der Waals surface area contributed by atoms with Gasteiger partial charge in [0.05, 0.1) is 0 Å². The maximum Gasteiger partial charge on any atom is 0.159 e. The fraction of sp³-hybridized carbons (Fsp3) is 0.136. The molecule has 0 saturated carbocycles. The number of aryl methyl sites for hydroxylation is 1. The molecule has 0 unspecified atom stereocenters. The maximum absolute atomic E-state index is 11.5. The number of carbonyl (C=O) groups is 1. The van der Waals surface area contributed by atoms with Gasteiger partial charge in [0.15, 0.2) is 5.78 Å². The molecule has 3 heteroatoms. The third kappa shape index (κ3) is 4.09. The van der Waals surface area contributed by atoms with E-state index in [0.717, 1.165) is 33.0 Å². The molecular formula is C22H20ClNO. The SMILES string of the molecule is CC(=O)c1ccc(-c2ccccc2CNc2ccc(C)c(Cl)c2)cc1. The fourth-order valence-electron chi connectivity index (χ4n) is 2.74. The van der Waals surface area contributed by atoms with Crippen LogP contribution >= 0.6 is 11.6 Å². The quantitative estimate of drug-likeness (QED) is 0.561. The van der Waals surface area contributed by atoms with Gasteiger partial charge in [-0.3, -0.25) is 4.79 Å². The molecule has 0 spiro atoms. The van der Waals surface area contributed by atoms with Crippen molar-refractivity contribution in [3.05, 3.63) is 88.4 Å². The van der Waals surface area contributed by atoms with Crippen molar-refractivity contribution in [1.82, 2.24) is 0 Å². The van der Waals surface area contributed by atoms with Gasteiger partial charge in [-0.25, -0.2) is 0 Å². The monoisotopic (exact) mass is 349 g/mol. The van der Waals surface area contributed by atoms with Gasteiger partial charge in [0.1, 0.15) is 0 Å². The van der Waals surface area contributed by atoms with Crippen LogP contribution in [0.2, 0.25) is 5.02 Å². The van der Waals surface area contributed by atoms with Crippen LogP contribution in [0, 0.1) is 6.92 Å². The Labute approximate surface area is 153 Å². The highest BCUT2D eigenvalue weighted by Crippen LogP contribution is 2.26. The molecule has 3 rings (SSSR count). The van der Waals surface area contributed by atoms with Gasteiger partial charge < -0.3 is 5.32 Å². The Bertz CT molecular complexity index is 900. The van der Waals surface area contributed by atoms with E-state index in [1.54, 1.807) is 6.92 Å². The van der Waals surface area contributed by atoms with Gasteiger partial charge in [-0.05, 0) is 48.2 Å². The highest BCUT2D eigenvalue weighted by Gasteiger charge is 2.06. The number of hydrogen-bond acceptors (Lipinski definition) is 2. The summed E-state index contributed by atoms with van der Waals surface area (Å²) >= 11 is 6.20. The van der Waals surface area contributed by atoms with Crippen molar-refractivity contribution < 1.29 is 4.79 Å². The molecule has 3 aromatic carbocycles. The normalized spacial score (nSPS) is 10.5. The molecule has 25 heavy (non-hydrogen) atoms. The second kappa shape index (κ2) is 7.54. The van der Waals surface area contributed by atoms with Gasteiger partial charge >= 0.3 is 0 Å². The second-order valence-corrected chi connectivity index (χ2v) is 6.52. The van der Waals surface area contributed by atoms with Gasteiger partial charge in [0.25, 0.3) is 0 Å². The number of hydrogen-bond donors (Lipinski definition) is 1. The third-order valence-corrected chi connectivity index (χ3v) is 4.68. The lowest BCUT2D eigenvalue weighted by Crippen LogP contribution is -2.01. The molecule has 0 radical (unpaired) electrons. The topological polar surface area (TPSA) is 29.1 Å². The molecule has 0 aromatic heterocycles. The molecule has 0 aliphatic rings. The van der Waals surface area contributed by atoms with E-state index in [2.05, 4.69) is 17.4 Å². The average molecular weight is 350 g/mol. The van der Waals surface area contributed by atoms with Crippen molar-refractivity contribution in [2.24, 2.45) is 0 Å². The maximum atomic E-state index is 11.5. The third-order valence-electron chi connectivity index (χ3n) is 4.27. The number of rotatable bonds is 5. The van der Waals surface area contributed by atoms with Crippen molar-refractivity contribution in [3.63, 3.8) is 0 Å². The highest BCUT2D eigenvalue weighted by atomic mass is 35.5. The van der Waals surface area contributed by atoms with Crippen LogP contribution in [-0.4, -0.2) is 5.78 Å². The molecular weight excluding hydrogens is 330 g/mol. The zero-order valence-electron chi connectivity index (χ0n) is 14.3. The first-order valence-corrected chi connectivity index (χ1v) is 8.61. The molecule has 0 fully saturated rings. The first-order valence-electron chi connectivity index (χ1n) is 8.24. The Morgan fingerprint density at radius 1 is 1.00 bits per heavy atom. The molecule has 0 bridgehead atoms. The summed E-state index contributed by atoms with van der Waals surface area (Å²) in [6, 6.07) is 22.0. The van der Waals surface area contributed by atoms with Gasteiger partial charge in [-0.15, -0.1) is 0 Å². The Hall–Kier alpha value is -2.58. The van der Waals surface area contributed by atoms with E-state index in [0.29, 0.717) is 6.54 Å². The number of nitrogens with one attached hydrogen (secondary N) is 1. The van der Waals surface area contributed by atoms with Crippen LogP contribution in [0.1, 0.15) is 28.4 Å². The van der Waals surface area contributed by atoms with E-state index in [1.807, 2.05) is 61.5 Å². The van der Waals surface area contributed by atoms with Crippen molar-refractivity contribution in [2.45, 2.75) is 20.4 Å². The number of anilines is 1. The molecule has 2 nitrogen and oxygen atoms in total. The minimum atomic E-state index is 0.0813. The summed E-state index contributed by atoms with van der Waals surface area (Å²) in [5.74, 6) is 0.0813. The van der Waals surface area contributed by atoms with Gasteiger partial charge in [0.2, 0.25) is 0 Å². The second-order valence-electron chi connectivity index (χ2n) is 6.11. The molecule has 0 aliphatic carbocycles. The fourth-order valence-corrected chi connectivity index (χ4v) is 2.92. The Morgan fingerprint density at radius 3 is 2.40 bits per heavy atom. The summed E-state index contributed by atoms with van der Waals surface area (Å²) in [6.07, 6.45) is 0. The molecule has 3 aromatic rings. The minimum absolute atomic E-state index is 0.0813. The summed E-state index contributed by atoms with van der Waals surface area (Å²) in [4.78, 5) is 11.5. The van der Waals surface area contributed by atoms with E-state index in [-0.39, 0.29) is 5.78 Å². The zero-order chi connectivity index (χ0) is 17.8. The average Bonchev–Trinajstić information content (AvgIpc) is 2.63. The summed E-state index contributed by atoms with van der Waals surface area (Å²) in [6.45, 7) is 4.27. The summed E-state index contributed by atoms with van der Waals surface area (Å²) in [7, 11) is 0. The lowest BCUT2D eigenvalue weighted by molar-refractivity contribution is 0.101. The van der Waals surface area contributed by atoms with Crippen LogP contribution < -0.4 is 5.32 Å². The van der Waals surface area contributed by atoms with Crippen LogP contribution in [0.25, 0.3) is 11.1 Å². The number of Topliss-reactive ketones (excluding diaryl/α,β-unsaturated/α-hetero) is 1. The molecule has 1 N–H and O–H groups in total. The Kier molecular flexibility index (Phi) is 5.20. The predicted octanol–water partition coefficient (Wildman–Crippen LogP) is 6.13. The molecule has 0 atom stereocenters. The Balaban J connectivity index is 1.83. The largest absolute Gasteiger partial charge is 0.381 e. The van der Waals surface area contributed by atoms with E-state index >= 15 is 0 Å². The van der Waals surface area contributed by atoms with Crippen molar-refractivity contribution in [1.29, 1.82) is 0 Å². The minimum Gasteiger partial charge on any atom is -0.381 e. The van der Waals surface area contributed by atoms with Crippen molar-refractivity contribution in [2.75, 3.05) is 5.32 Å². The van der Waals surface area contributed by atoms with E-state index in [4.69, 9.17) is 11.6 Å².